The number of nitrogens with one attached hydrogen (secondary N) is 1. The largest absolute Gasteiger partial charge is 0.499 e. The van der Waals surface area contributed by atoms with Gasteiger partial charge in [0.05, 0.1) is 13.7 Å². The lowest BCUT2D eigenvalue weighted by molar-refractivity contribution is -0.139. The predicted octanol–water partition coefficient (Wildman–Crippen LogP) is 0.647. The fourth-order valence-electron chi connectivity index (χ4n) is 0.727. The molecule has 12 heavy (non-hydrogen) atoms. The van der Waals surface area contributed by atoms with Gasteiger partial charge in [-0.1, -0.05) is 0 Å². The molecule has 0 bridgehead atoms. The van der Waals surface area contributed by atoms with Crippen molar-refractivity contribution in [3.8, 4) is 0 Å². The summed E-state index contributed by atoms with van der Waals surface area (Å²) in [5.41, 5.74) is 0.361. The molecule has 0 saturated carbocycles. The Bertz CT molecular complexity index is 187. The first kappa shape index (κ1) is 10.8. The third kappa shape index (κ3) is 2.82. The van der Waals surface area contributed by atoms with E-state index in [-0.39, 0.29) is 5.97 Å². The molecule has 0 saturated heterocycles. The first-order valence-corrected chi connectivity index (χ1v) is 3.77. The topological polar surface area (TPSA) is 47.6 Å². The zero-order valence-electron chi connectivity index (χ0n) is 7.93. The standard InChI is InChI=1S/C8H15NO3/c1-5-12-8(10)7(9-3)6(2)11-4/h9H,5H2,1-4H3/b7-6-. The zero-order chi connectivity index (χ0) is 9.56. The number of rotatable bonds is 4. The average Bonchev–Trinajstić information content (AvgIpc) is 2.06. The average molecular weight is 173 g/mol. The molecule has 0 amide bonds. The maximum absolute atomic E-state index is 11.2. The van der Waals surface area contributed by atoms with Gasteiger partial charge in [-0.25, -0.2) is 4.79 Å². The van der Waals surface area contributed by atoms with E-state index in [0.717, 1.165) is 0 Å². The van der Waals surface area contributed by atoms with Crippen LogP contribution in [0.2, 0.25) is 0 Å². The van der Waals surface area contributed by atoms with Gasteiger partial charge >= 0.3 is 5.97 Å². The van der Waals surface area contributed by atoms with Crippen molar-refractivity contribution in [3.63, 3.8) is 0 Å². The minimum atomic E-state index is -0.389. The Morgan fingerprint density at radius 2 is 2.08 bits per heavy atom. The number of likely N-dealkylation sites (N-methyl/N-ethyl adjacent to an activating group) is 1. The number of methoxy groups -OCH3 is 1. The van der Waals surface area contributed by atoms with Crippen LogP contribution in [0.5, 0.6) is 0 Å². The molecule has 0 fully saturated rings. The summed E-state index contributed by atoms with van der Waals surface area (Å²) in [6, 6.07) is 0. The minimum Gasteiger partial charge on any atom is -0.499 e. The first-order valence-electron chi connectivity index (χ1n) is 3.77. The van der Waals surface area contributed by atoms with Crippen LogP contribution in [-0.4, -0.2) is 26.7 Å². The van der Waals surface area contributed by atoms with Gasteiger partial charge in [0.2, 0.25) is 0 Å². The molecule has 1 N–H and O–H groups in total. The van der Waals surface area contributed by atoms with Crippen molar-refractivity contribution in [2.24, 2.45) is 0 Å². The Labute approximate surface area is 72.5 Å². The van der Waals surface area contributed by atoms with E-state index in [0.29, 0.717) is 18.1 Å². The Hall–Kier alpha value is -1.19. The second kappa shape index (κ2) is 5.46. The van der Waals surface area contributed by atoms with Crippen molar-refractivity contribution in [2.75, 3.05) is 20.8 Å². The summed E-state index contributed by atoms with van der Waals surface area (Å²) < 4.78 is 9.67. The van der Waals surface area contributed by atoms with Crippen molar-refractivity contribution >= 4 is 5.97 Å². The van der Waals surface area contributed by atoms with E-state index in [2.05, 4.69) is 5.32 Å². The number of hydrogen-bond acceptors (Lipinski definition) is 4. The number of allylic oxidation sites excluding steroid dienone is 1. The summed E-state index contributed by atoms with van der Waals surface area (Å²) in [4.78, 5) is 11.2. The van der Waals surface area contributed by atoms with E-state index < -0.39 is 0 Å². The van der Waals surface area contributed by atoms with Crippen molar-refractivity contribution in [2.45, 2.75) is 13.8 Å². The SMILES string of the molecule is CCOC(=O)/C(NC)=C(\C)OC. The molecule has 0 rings (SSSR count). The number of carbonyl (C=O) groups excluding carboxylic acids is 1. The normalized spacial score (nSPS) is 11.7. The fraction of sp³-hybridized carbons (Fsp3) is 0.625. The number of ether oxygens (including phenoxy) is 2. The van der Waals surface area contributed by atoms with Gasteiger partial charge in [0.15, 0.2) is 5.70 Å². The Balaban J connectivity index is 4.44. The zero-order valence-corrected chi connectivity index (χ0v) is 7.93. The van der Waals surface area contributed by atoms with Gasteiger partial charge in [-0.3, -0.25) is 0 Å². The highest BCUT2D eigenvalue weighted by Gasteiger charge is 2.12. The van der Waals surface area contributed by atoms with Crippen molar-refractivity contribution in [1.82, 2.24) is 5.32 Å². The molecular formula is C8H15NO3. The monoisotopic (exact) mass is 173 g/mol. The van der Waals surface area contributed by atoms with Crippen LogP contribution in [0.15, 0.2) is 11.5 Å². The lowest BCUT2D eigenvalue weighted by Gasteiger charge is -2.08. The quantitative estimate of drug-likeness (QED) is 0.385. The highest BCUT2D eigenvalue weighted by Crippen LogP contribution is 2.02. The Morgan fingerprint density at radius 1 is 1.50 bits per heavy atom. The van der Waals surface area contributed by atoms with E-state index in [9.17, 15) is 4.79 Å². The molecule has 4 nitrogen and oxygen atoms in total. The van der Waals surface area contributed by atoms with Crippen LogP contribution in [0.3, 0.4) is 0 Å². The highest BCUT2D eigenvalue weighted by molar-refractivity contribution is 5.88. The molecule has 0 aromatic heterocycles. The fourth-order valence-corrected chi connectivity index (χ4v) is 0.727. The predicted molar refractivity (Wildman–Crippen MR) is 45.4 cm³/mol. The van der Waals surface area contributed by atoms with E-state index in [4.69, 9.17) is 9.47 Å². The summed E-state index contributed by atoms with van der Waals surface area (Å²) in [6.07, 6.45) is 0. The van der Waals surface area contributed by atoms with Crippen LogP contribution in [0.1, 0.15) is 13.8 Å². The van der Waals surface area contributed by atoms with Gasteiger partial charge in [-0.15, -0.1) is 0 Å². The van der Waals surface area contributed by atoms with Gasteiger partial charge in [-0.2, -0.15) is 0 Å². The molecule has 0 unspecified atom stereocenters. The van der Waals surface area contributed by atoms with Crippen LogP contribution < -0.4 is 5.32 Å². The molecule has 0 spiro atoms. The Kier molecular flexibility index (Phi) is 4.92. The van der Waals surface area contributed by atoms with E-state index in [1.165, 1.54) is 7.11 Å². The second-order valence-corrected chi connectivity index (χ2v) is 2.11. The molecule has 70 valence electrons. The summed E-state index contributed by atoms with van der Waals surface area (Å²) in [6.45, 7) is 3.82. The molecule has 0 aliphatic heterocycles. The van der Waals surface area contributed by atoms with Gasteiger partial charge in [0.1, 0.15) is 5.76 Å². The first-order chi connectivity index (χ1) is 5.67. The number of hydrogen-bond donors (Lipinski definition) is 1. The molecule has 0 aromatic carbocycles. The summed E-state index contributed by atoms with van der Waals surface area (Å²) in [5.74, 6) is 0.135. The van der Waals surface area contributed by atoms with Crippen LogP contribution in [0.25, 0.3) is 0 Å². The van der Waals surface area contributed by atoms with Gasteiger partial charge < -0.3 is 14.8 Å². The lowest BCUT2D eigenvalue weighted by atomic mass is 10.4. The molecule has 4 heteroatoms. The molecule has 0 heterocycles. The molecule has 0 aromatic rings. The molecule has 0 radical (unpaired) electrons. The van der Waals surface area contributed by atoms with Crippen LogP contribution in [-0.2, 0) is 14.3 Å². The Morgan fingerprint density at radius 3 is 2.42 bits per heavy atom. The number of esters is 1. The third-order valence-corrected chi connectivity index (χ3v) is 1.39. The maximum Gasteiger partial charge on any atom is 0.357 e. The van der Waals surface area contributed by atoms with E-state index in [1.807, 2.05) is 0 Å². The van der Waals surface area contributed by atoms with Crippen LogP contribution >= 0.6 is 0 Å². The van der Waals surface area contributed by atoms with Crippen molar-refractivity contribution in [1.29, 1.82) is 0 Å². The third-order valence-electron chi connectivity index (χ3n) is 1.39. The summed E-state index contributed by atoms with van der Waals surface area (Å²) in [7, 11) is 3.15. The summed E-state index contributed by atoms with van der Waals surface area (Å²) >= 11 is 0. The second-order valence-electron chi connectivity index (χ2n) is 2.11. The molecular weight excluding hydrogens is 158 g/mol. The maximum atomic E-state index is 11.2. The van der Waals surface area contributed by atoms with Crippen molar-refractivity contribution in [3.05, 3.63) is 11.5 Å². The van der Waals surface area contributed by atoms with E-state index >= 15 is 0 Å². The molecule has 0 atom stereocenters. The van der Waals surface area contributed by atoms with E-state index in [1.54, 1.807) is 20.9 Å². The minimum absolute atomic E-state index is 0.361. The van der Waals surface area contributed by atoms with Gasteiger partial charge in [0, 0.05) is 7.05 Å². The lowest BCUT2D eigenvalue weighted by Crippen LogP contribution is -2.20. The smallest absolute Gasteiger partial charge is 0.357 e. The van der Waals surface area contributed by atoms with Crippen LogP contribution in [0, 0.1) is 0 Å². The van der Waals surface area contributed by atoms with Gasteiger partial charge in [-0.05, 0) is 13.8 Å². The number of carbonyl (C=O) groups is 1. The molecule has 0 aliphatic rings. The molecule has 0 aliphatic carbocycles. The van der Waals surface area contributed by atoms with Crippen molar-refractivity contribution < 1.29 is 14.3 Å². The van der Waals surface area contributed by atoms with Crippen LogP contribution in [0.4, 0.5) is 0 Å². The summed E-state index contributed by atoms with van der Waals surface area (Å²) in [5, 5.41) is 2.72. The highest BCUT2D eigenvalue weighted by atomic mass is 16.5. The van der Waals surface area contributed by atoms with Gasteiger partial charge in [0.25, 0.3) is 0 Å².